The van der Waals surface area contributed by atoms with Gasteiger partial charge in [0.1, 0.15) is 17.9 Å². The first kappa shape index (κ1) is 19.1. The fourth-order valence-corrected chi connectivity index (χ4v) is 3.46. The number of amides is 1. The van der Waals surface area contributed by atoms with Gasteiger partial charge in [-0.05, 0) is 31.2 Å². The molecule has 2 aromatic heterocycles. The van der Waals surface area contributed by atoms with Crippen molar-refractivity contribution in [2.75, 3.05) is 18.8 Å². The second-order valence-corrected chi connectivity index (χ2v) is 6.94. The Labute approximate surface area is 164 Å². The van der Waals surface area contributed by atoms with Crippen molar-refractivity contribution >= 4 is 46.3 Å². The average Bonchev–Trinajstić information content (AvgIpc) is 3.09. The molecule has 1 N–H and O–H groups in total. The summed E-state index contributed by atoms with van der Waals surface area (Å²) in [5.74, 6) is -1.22. The molecular weight excluding hydrogens is 390 g/mol. The average molecular weight is 406 g/mol. The molecular formula is C17H16ClN5O3S. The normalized spacial score (nSPS) is 10.9. The molecule has 0 bridgehead atoms. The van der Waals surface area contributed by atoms with Crippen LogP contribution in [0.25, 0.3) is 16.7 Å². The number of thioether (sulfide) groups is 1. The number of benzene rings is 1. The number of hydrogen-bond donors (Lipinski definition) is 1. The quantitative estimate of drug-likeness (QED) is 0.476. The van der Waals surface area contributed by atoms with E-state index >= 15 is 0 Å². The van der Waals surface area contributed by atoms with Crippen LogP contribution >= 0.6 is 23.4 Å². The maximum Gasteiger partial charge on any atom is 0.323 e. The fraction of sp³-hybridized carbons (Fsp3) is 0.235. The van der Waals surface area contributed by atoms with E-state index in [9.17, 15) is 9.59 Å². The van der Waals surface area contributed by atoms with E-state index in [1.54, 1.807) is 29.9 Å². The lowest BCUT2D eigenvalue weighted by atomic mass is 10.3. The minimum absolute atomic E-state index is 0.0827. The zero-order valence-corrected chi connectivity index (χ0v) is 15.9. The van der Waals surface area contributed by atoms with Crippen molar-refractivity contribution in [1.29, 1.82) is 0 Å². The second-order valence-electron chi connectivity index (χ2n) is 5.54. The largest absolute Gasteiger partial charge is 0.480 e. The Morgan fingerprint density at radius 1 is 1.26 bits per heavy atom. The van der Waals surface area contributed by atoms with E-state index in [0.29, 0.717) is 27.6 Å². The minimum Gasteiger partial charge on any atom is -0.480 e. The molecule has 0 atom stereocenters. The minimum atomic E-state index is -1.04. The number of carboxylic acids is 1. The SMILES string of the molecule is CCN(CC(=O)O)C(=O)CSc1ncnc2c1cnn2-c1ccc(Cl)cc1. The third-order valence-electron chi connectivity index (χ3n) is 3.79. The molecule has 0 unspecified atom stereocenters. The monoisotopic (exact) mass is 405 g/mol. The summed E-state index contributed by atoms with van der Waals surface area (Å²) in [7, 11) is 0. The zero-order chi connectivity index (χ0) is 19.4. The van der Waals surface area contributed by atoms with Crippen molar-refractivity contribution < 1.29 is 14.7 Å². The van der Waals surface area contributed by atoms with Crippen LogP contribution in [0.4, 0.5) is 0 Å². The van der Waals surface area contributed by atoms with Crippen LogP contribution in [0.15, 0.2) is 41.8 Å². The Hall–Kier alpha value is -2.65. The Kier molecular flexibility index (Phi) is 5.92. The number of hydrogen-bond acceptors (Lipinski definition) is 6. The van der Waals surface area contributed by atoms with Gasteiger partial charge in [-0.25, -0.2) is 14.6 Å². The van der Waals surface area contributed by atoms with E-state index in [2.05, 4.69) is 15.1 Å². The standard InChI is InChI=1S/C17H16ClN5O3S/c1-2-22(8-15(25)26)14(24)9-27-17-13-7-21-23(16(13)19-10-20-17)12-5-3-11(18)4-6-12/h3-7,10H,2,8-9H2,1H3,(H,25,26). The van der Waals surface area contributed by atoms with E-state index < -0.39 is 5.97 Å². The summed E-state index contributed by atoms with van der Waals surface area (Å²) in [4.78, 5) is 32.9. The Morgan fingerprint density at radius 3 is 2.67 bits per heavy atom. The number of carboxylic acid groups (broad SMARTS) is 1. The fourth-order valence-electron chi connectivity index (χ4n) is 2.47. The van der Waals surface area contributed by atoms with Crippen LogP contribution in [-0.2, 0) is 9.59 Å². The van der Waals surface area contributed by atoms with E-state index in [1.165, 1.54) is 23.0 Å². The molecule has 3 rings (SSSR count). The first-order valence-electron chi connectivity index (χ1n) is 8.06. The summed E-state index contributed by atoms with van der Waals surface area (Å²) in [5.41, 5.74) is 1.42. The highest BCUT2D eigenvalue weighted by molar-refractivity contribution is 8.00. The molecule has 1 aromatic carbocycles. The van der Waals surface area contributed by atoms with Crippen LogP contribution in [-0.4, -0.2) is 60.5 Å². The molecule has 27 heavy (non-hydrogen) atoms. The van der Waals surface area contributed by atoms with Gasteiger partial charge in [-0.2, -0.15) is 5.10 Å². The van der Waals surface area contributed by atoms with Gasteiger partial charge in [0.25, 0.3) is 0 Å². The molecule has 0 fully saturated rings. The van der Waals surface area contributed by atoms with Crippen molar-refractivity contribution in [3.05, 3.63) is 41.8 Å². The Balaban J connectivity index is 1.81. The van der Waals surface area contributed by atoms with E-state index in [4.69, 9.17) is 16.7 Å². The summed E-state index contributed by atoms with van der Waals surface area (Å²) in [6.45, 7) is 1.76. The molecule has 0 aliphatic heterocycles. The number of carbonyl (C=O) groups is 2. The number of nitrogens with zero attached hydrogens (tertiary/aromatic N) is 5. The summed E-state index contributed by atoms with van der Waals surface area (Å²) >= 11 is 7.16. The number of fused-ring (bicyclic) bond motifs is 1. The Bertz CT molecular complexity index is 976. The summed E-state index contributed by atoms with van der Waals surface area (Å²) < 4.78 is 1.67. The van der Waals surface area contributed by atoms with Gasteiger partial charge in [0.05, 0.1) is 23.0 Å². The van der Waals surface area contributed by atoms with Crippen LogP contribution in [0.1, 0.15) is 6.92 Å². The van der Waals surface area contributed by atoms with Gasteiger partial charge >= 0.3 is 5.97 Å². The molecule has 140 valence electrons. The van der Waals surface area contributed by atoms with Gasteiger partial charge < -0.3 is 10.0 Å². The molecule has 0 spiro atoms. The summed E-state index contributed by atoms with van der Waals surface area (Å²) in [6, 6.07) is 7.19. The van der Waals surface area contributed by atoms with Crippen molar-refractivity contribution in [3.63, 3.8) is 0 Å². The number of halogens is 1. The van der Waals surface area contributed by atoms with E-state index in [-0.39, 0.29) is 18.2 Å². The molecule has 3 aromatic rings. The lowest BCUT2D eigenvalue weighted by Crippen LogP contribution is -2.36. The number of carbonyl (C=O) groups excluding carboxylic acids is 1. The van der Waals surface area contributed by atoms with Gasteiger partial charge in [-0.1, -0.05) is 23.4 Å². The summed E-state index contributed by atoms with van der Waals surface area (Å²) in [6.07, 6.45) is 3.06. The van der Waals surface area contributed by atoms with Crippen molar-refractivity contribution in [2.45, 2.75) is 11.9 Å². The van der Waals surface area contributed by atoms with E-state index in [1.807, 2.05) is 12.1 Å². The zero-order valence-electron chi connectivity index (χ0n) is 14.4. The number of aliphatic carboxylic acids is 1. The van der Waals surface area contributed by atoms with Crippen molar-refractivity contribution in [2.24, 2.45) is 0 Å². The van der Waals surface area contributed by atoms with Gasteiger partial charge in [0.2, 0.25) is 5.91 Å². The molecule has 0 saturated heterocycles. The van der Waals surface area contributed by atoms with Crippen LogP contribution in [0.5, 0.6) is 0 Å². The van der Waals surface area contributed by atoms with Gasteiger partial charge in [-0.3, -0.25) is 9.59 Å². The first-order chi connectivity index (χ1) is 13.0. The molecule has 0 aliphatic rings. The lowest BCUT2D eigenvalue weighted by molar-refractivity contribution is -0.143. The molecule has 10 heteroatoms. The third kappa shape index (κ3) is 4.37. The smallest absolute Gasteiger partial charge is 0.323 e. The first-order valence-corrected chi connectivity index (χ1v) is 9.43. The molecule has 0 aliphatic carbocycles. The third-order valence-corrected chi connectivity index (χ3v) is 5.04. The van der Waals surface area contributed by atoms with Gasteiger partial charge in [0.15, 0.2) is 5.65 Å². The van der Waals surface area contributed by atoms with Crippen LogP contribution in [0, 0.1) is 0 Å². The highest BCUT2D eigenvalue weighted by Crippen LogP contribution is 2.26. The lowest BCUT2D eigenvalue weighted by Gasteiger charge is -2.18. The highest BCUT2D eigenvalue weighted by atomic mass is 35.5. The molecule has 2 heterocycles. The highest BCUT2D eigenvalue weighted by Gasteiger charge is 2.17. The topological polar surface area (TPSA) is 101 Å². The Morgan fingerprint density at radius 2 is 2.00 bits per heavy atom. The van der Waals surface area contributed by atoms with Gasteiger partial charge in [-0.15, -0.1) is 0 Å². The van der Waals surface area contributed by atoms with E-state index in [0.717, 1.165) is 5.69 Å². The molecule has 0 saturated carbocycles. The van der Waals surface area contributed by atoms with Crippen LogP contribution < -0.4 is 0 Å². The molecule has 8 nitrogen and oxygen atoms in total. The van der Waals surface area contributed by atoms with Crippen molar-refractivity contribution in [1.82, 2.24) is 24.6 Å². The molecule has 1 amide bonds. The van der Waals surface area contributed by atoms with Crippen LogP contribution in [0.2, 0.25) is 5.02 Å². The number of aromatic nitrogens is 4. The second kappa shape index (κ2) is 8.36. The summed E-state index contributed by atoms with van der Waals surface area (Å²) in [5, 5.41) is 15.2. The number of rotatable bonds is 7. The van der Waals surface area contributed by atoms with Crippen LogP contribution in [0.3, 0.4) is 0 Å². The maximum absolute atomic E-state index is 12.2. The number of likely N-dealkylation sites (N-methyl/N-ethyl adjacent to an activating group) is 1. The molecule has 0 radical (unpaired) electrons. The maximum atomic E-state index is 12.2. The predicted molar refractivity (Wildman–Crippen MR) is 102 cm³/mol. The van der Waals surface area contributed by atoms with Gasteiger partial charge in [0, 0.05) is 11.6 Å². The van der Waals surface area contributed by atoms with Crippen molar-refractivity contribution in [3.8, 4) is 5.69 Å². The predicted octanol–water partition coefficient (Wildman–Crippen LogP) is 2.49.